The van der Waals surface area contributed by atoms with Crippen molar-refractivity contribution >= 4 is 11.0 Å². The van der Waals surface area contributed by atoms with E-state index in [-0.39, 0.29) is 6.61 Å². The summed E-state index contributed by atoms with van der Waals surface area (Å²) in [5.74, 6) is 0.757. The molecule has 0 aliphatic carbocycles. The molecule has 4 nitrogen and oxygen atoms in total. The van der Waals surface area contributed by atoms with Gasteiger partial charge in [-0.2, -0.15) is 0 Å². The Bertz CT molecular complexity index is 533. The SMILES string of the molecule is Cc1coc2cccc(OCC(O)CNC(C)C)c12. The van der Waals surface area contributed by atoms with E-state index < -0.39 is 6.10 Å². The van der Waals surface area contributed by atoms with Crippen molar-refractivity contribution in [1.82, 2.24) is 5.32 Å². The lowest BCUT2D eigenvalue weighted by Crippen LogP contribution is -2.35. The Morgan fingerprint density at radius 2 is 2.16 bits per heavy atom. The summed E-state index contributed by atoms with van der Waals surface area (Å²) in [5.41, 5.74) is 1.85. The van der Waals surface area contributed by atoms with Crippen molar-refractivity contribution < 1.29 is 14.3 Å². The van der Waals surface area contributed by atoms with E-state index in [1.807, 2.05) is 39.0 Å². The molecule has 1 aromatic carbocycles. The Morgan fingerprint density at radius 1 is 1.37 bits per heavy atom. The van der Waals surface area contributed by atoms with Crippen molar-refractivity contribution in [2.75, 3.05) is 13.2 Å². The molecule has 0 amide bonds. The number of benzene rings is 1. The second-order valence-corrected chi connectivity index (χ2v) is 5.08. The first kappa shape index (κ1) is 13.9. The molecule has 0 saturated heterocycles. The summed E-state index contributed by atoms with van der Waals surface area (Å²) in [6, 6.07) is 6.05. The van der Waals surface area contributed by atoms with E-state index in [2.05, 4.69) is 5.32 Å². The molecule has 0 fully saturated rings. The Morgan fingerprint density at radius 3 is 2.89 bits per heavy atom. The van der Waals surface area contributed by atoms with Gasteiger partial charge >= 0.3 is 0 Å². The minimum Gasteiger partial charge on any atom is -0.490 e. The number of hydrogen-bond acceptors (Lipinski definition) is 4. The third-order valence-electron chi connectivity index (χ3n) is 2.94. The van der Waals surface area contributed by atoms with Gasteiger partial charge < -0.3 is 19.6 Å². The molecule has 4 heteroatoms. The van der Waals surface area contributed by atoms with E-state index in [0.29, 0.717) is 12.6 Å². The fraction of sp³-hybridized carbons (Fsp3) is 0.467. The molecule has 2 aromatic rings. The highest BCUT2D eigenvalue weighted by Gasteiger charge is 2.11. The molecular weight excluding hydrogens is 242 g/mol. The molecule has 0 spiro atoms. The summed E-state index contributed by atoms with van der Waals surface area (Å²) in [6.45, 7) is 6.86. The van der Waals surface area contributed by atoms with Gasteiger partial charge in [-0.15, -0.1) is 0 Å². The monoisotopic (exact) mass is 263 g/mol. The summed E-state index contributed by atoms with van der Waals surface area (Å²) in [6.07, 6.45) is 1.19. The first-order valence-corrected chi connectivity index (χ1v) is 6.59. The Balaban J connectivity index is 2.00. The van der Waals surface area contributed by atoms with Crippen molar-refractivity contribution in [2.24, 2.45) is 0 Å². The van der Waals surface area contributed by atoms with Crippen LogP contribution in [0.25, 0.3) is 11.0 Å². The van der Waals surface area contributed by atoms with Gasteiger partial charge in [0.2, 0.25) is 0 Å². The molecule has 19 heavy (non-hydrogen) atoms. The first-order chi connectivity index (χ1) is 9.08. The van der Waals surface area contributed by atoms with Gasteiger partial charge in [0, 0.05) is 12.6 Å². The van der Waals surface area contributed by atoms with Crippen LogP contribution in [0.1, 0.15) is 19.4 Å². The fourth-order valence-electron chi connectivity index (χ4n) is 1.95. The number of aryl methyl sites for hydroxylation is 1. The number of aliphatic hydroxyl groups is 1. The van der Waals surface area contributed by atoms with Crippen molar-refractivity contribution in [2.45, 2.75) is 32.9 Å². The highest BCUT2D eigenvalue weighted by atomic mass is 16.5. The minimum absolute atomic E-state index is 0.267. The molecule has 0 bridgehead atoms. The molecular formula is C15H21NO3. The summed E-state index contributed by atoms with van der Waals surface area (Å²) in [7, 11) is 0. The highest BCUT2D eigenvalue weighted by Crippen LogP contribution is 2.29. The molecule has 2 N–H and O–H groups in total. The van der Waals surface area contributed by atoms with Crippen LogP contribution in [-0.2, 0) is 0 Å². The number of hydrogen-bond donors (Lipinski definition) is 2. The number of rotatable bonds is 6. The lowest BCUT2D eigenvalue weighted by molar-refractivity contribution is 0.105. The molecule has 1 unspecified atom stereocenters. The van der Waals surface area contributed by atoms with Gasteiger partial charge in [0.15, 0.2) is 0 Å². The Labute approximate surface area is 113 Å². The molecule has 0 saturated carbocycles. The zero-order valence-electron chi connectivity index (χ0n) is 11.6. The molecule has 1 heterocycles. The average molecular weight is 263 g/mol. The van der Waals surface area contributed by atoms with E-state index >= 15 is 0 Å². The van der Waals surface area contributed by atoms with Crippen LogP contribution in [0, 0.1) is 6.92 Å². The minimum atomic E-state index is -0.523. The molecule has 0 aliphatic rings. The summed E-state index contributed by atoms with van der Waals surface area (Å²) in [4.78, 5) is 0. The topological polar surface area (TPSA) is 54.6 Å². The summed E-state index contributed by atoms with van der Waals surface area (Å²) >= 11 is 0. The first-order valence-electron chi connectivity index (χ1n) is 6.59. The van der Waals surface area contributed by atoms with Crippen LogP contribution in [-0.4, -0.2) is 30.4 Å². The van der Waals surface area contributed by atoms with Crippen molar-refractivity contribution in [3.05, 3.63) is 30.0 Å². The Hall–Kier alpha value is -1.52. The number of nitrogens with one attached hydrogen (secondary N) is 1. The van der Waals surface area contributed by atoms with Gasteiger partial charge in [-0.1, -0.05) is 19.9 Å². The third kappa shape index (κ3) is 3.49. The maximum Gasteiger partial charge on any atom is 0.137 e. The predicted octanol–water partition coefficient (Wildman–Crippen LogP) is 2.48. The average Bonchev–Trinajstić information content (AvgIpc) is 2.76. The van der Waals surface area contributed by atoms with Crippen molar-refractivity contribution in [3.63, 3.8) is 0 Å². The van der Waals surface area contributed by atoms with E-state index in [1.54, 1.807) is 6.26 Å². The van der Waals surface area contributed by atoms with Gasteiger partial charge in [-0.05, 0) is 24.6 Å². The van der Waals surface area contributed by atoms with Crippen LogP contribution in [0.2, 0.25) is 0 Å². The highest BCUT2D eigenvalue weighted by molar-refractivity contribution is 5.87. The van der Waals surface area contributed by atoms with Crippen LogP contribution >= 0.6 is 0 Å². The normalized spacial score (nSPS) is 13.1. The summed E-state index contributed by atoms with van der Waals surface area (Å²) in [5, 5.41) is 14.0. The number of ether oxygens (including phenoxy) is 1. The maximum absolute atomic E-state index is 9.84. The molecule has 1 atom stereocenters. The van der Waals surface area contributed by atoms with E-state index in [4.69, 9.17) is 9.15 Å². The van der Waals surface area contributed by atoms with E-state index in [0.717, 1.165) is 22.3 Å². The maximum atomic E-state index is 9.84. The van der Waals surface area contributed by atoms with Crippen LogP contribution in [0.3, 0.4) is 0 Å². The summed E-state index contributed by atoms with van der Waals surface area (Å²) < 4.78 is 11.1. The largest absolute Gasteiger partial charge is 0.490 e. The third-order valence-corrected chi connectivity index (χ3v) is 2.94. The molecule has 0 aliphatic heterocycles. The van der Waals surface area contributed by atoms with E-state index in [9.17, 15) is 5.11 Å². The lowest BCUT2D eigenvalue weighted by Gasteiger charge is -2.15. The van der Waals surface area contributed by atoms with Gasteiger partial charge in [-0.3, -0.25) is 0 Å². The zero-order valence-corrected chi connectivity index (χ0v) is 11.6. The van der Waals surface area contributed by atoms with Crippen molar-refractivity contribution in [3.8, 4) is 5.75 Å². The van der Waals surface area contributed by atoms with Gasteiger partial charge in [0.05, 0.1) is 11.6 Å². The van der Waals surface area contributed by atoms with Crippen molar-refractivity contribution in [1.29, 1.82) is 0 Å². The Kier molecular flexibility index (Phi) is 4.45. The molecule has 1 aromatic heterocycles. The molecule has 2 rings (SSSR count). The molecule has 0 radical (unpaired) electrons. The van der Waals surface area contributed by atoms with Crippen LogP contribution in [0.15, 0.2) is 28.9 Å². The lowest BCUT2D eigenvalue weighted by atomic mass is 10.2. The second-order valence-electron chi connectivity index (χ2n) is 5.08. The fourth-order valence-corrected chi connectivity index (χ4v) is 1.95. The van der Waals surface area contributed by atoms with Gasteiger partial charge in [0.1, 0.15) is 24.0 Å². The number of furan rings is 1. The van der Waals surface area contributed by atoms with E-state index in [1.165, 1.54) is 0 Å². The zero-order chi connectivity index (χ0) is 13.8. The number of fused-ring (bicyclic) bond motifs is 1. The second kappa shape index (κ2) is 6.08. The van der Waals surface area contributed by atoms with Gasteiger partial charge in [-0.25, -0.2) is 0 Å². The number of aliphatic hydroxyl groups excluding tert-OH is 1. The van der Waals surface area contributed by atoms with Gasteiger partial charge in [0.25, 0.3) is 0 Å². The molecule has 104 valence electrons. The standard InChI is InChI=1S/C15H21NO3/c1-10(2)16-7-12(17)9-19-14-6-4-5-13-15(14)11(3)8-18-13/h4-6,8,10,12,16-17H,7,9H2,1-3H3. The van der Waals surface area contributed by atoms with Crippen LogP contribution in [0.4, 0.5) is 0 Å². The van der Waals surface area contributed by atoms with Crippen LogP contribution < -0.4 is 10.1 Å². The smallest absolute Gasteiger partial charge is 0.137 e. The van der Waals surface area contributed by atoms with Crippen LogP contribution in [0.5, 0.6) is 5.75 Å². The quantitative estimate of drug-likeness (QED) is 0.840. The predicted molar refractivity (Wildman–Crippen MR) is 75.6 cm³/mol.